The minimum atomic E-state index is -0.942. The lowest BCUT2D eigenvalue weighted by atomic mass is 10.1. The number of ether oxygens (including phenoxy) is 2. The zero-order valence-corrected chi connectivity index (χ0v) is 13.0. The van der Waals surface area contributed by atoms with Crippen molar-refractivity contribution in [3.63, 3.8) is 0 Å². The molecule has 0 aromatic heterocycles. The predicted molar refractivity (Wildman–Crippen MR) is 77.1 cm³/mol. The van der Waals surface area contributed by atoms with Crippen LogP contribution in [0.25, 0.3) is 0 Å². The van der Waals surface area contributed by atoms with Gasteiger partial charge in [0, 0.05) is 21.3 Å². The van der Waals surface area contributed by atoms with Crippen molar-refractivity contribution < 1.29 is 9.47 Å². The monoisotopic (exact) mass is 261 g/mol. The van der Waals surface area contributed by atoms with E-state index in [0.717, 1.165) is 32.6 Å². The van der Waals surface area contributed by atoms with Gasteiger partial charge in [0.2, 0.25) is 0 Å². The Labute approximate surface area is 108 Å². The molecule has 0 atom stereocenters. The molecule has 0 unspecified atom stereocenters. The van der Waals surface area contributed by atoms with E-state index in [9.17, 15) is 0 Å². The molecule has 0 aliphatic heterocycles. The van der Waals surface area contributed by atoms with E-state index in [-0.39, 0.29) is 0 Å². The van der Waals surface area contributed by atoms with Gasteiger partial charge in [-0.3, -0.25) is 0 Å². The molecule has 0 heterocycles. The van der Waals surface area contributed by atoms with Gasteiger partial charge in [-0.15, -0.1) is 0 Å². The Hall–Kier alpha value is 0.0969. The van der Waals surface area contributed by atoms with E-state index >= 15 is 0 Å². The zero-order chi connectivity index (χ0) is 13.0. The highest BCUT2D eigenvalue weighted by Gasteiger charge is 2.11. The summed E-state index contributed by atoms with van der Waals surface area (Å²) in [6.45, 7) is 10.0. The van der Waals surface area contributed by atoms with Gasteiger partial charge in [-0.2, -0.15) is 0 Å². The zero-order valence-electron chi connectivity index (χ0n) is 12.0. The van der Waals surface area contributed by atoms with Gasteiger partial charge in [0.1, 0.15) is 6.79 Å². The fraction of sp³-hybridized carbons (Fsp3) is 1.00. The molecule has 0 bridgehead atoms. The second-order valence-corrected chi connectivity index (χ2v) is 11.4. The quantitative estimate of drug-likeness (QED) is 0.333. The molecular formula is C13H31NO2Si. The highest BCUT2D eigenvalue weighted by molar-refractivity contribution is 6.76. The van der Waals surface area contributed by atoms with Gasteiger partial charge in [-0.25, -0.2) is 0 Å². The highest BCUT2D eigenvalue weighted by Crippen LogP contribution is 2.07. The maximum absolute atomic E-state index is 5.45. The lowest BCUT2D eigenvalue weighted by Crippen LogP contribution is -2.22. The molecule has 0 amide bonds. The molecule has 0 aliphatic rings. The van der Waals surface area contributed by atoms with Crippen LogP contribution in [0.2, 0.25) is 25.7 Å². The fourth-order valence-corrected chi connectivity index (χ4v) is 2.19. The molecule has 17 heavy (non-hydrogen) atoms. The van der Waals surface area contributed by atoms with Crippen molar-refractivity contribution in [2.45, 2.75) is 57.8 Å². The maximum Gasteiger partial charge on any atom is 0.146 e. The lowest BCUT2D eigenvalue weighted by molar-refractivity contribution is -0.0504. The molecule has 0 saturated carbocycles. The standard InChI is InChI=1S/C13H31NO2Si/c1-17(2,3)12-11-16-13-15-10-8-6-4-5-7-9-14/h4-14H2,1-3H3. The molecule has 104 valence electrons. The third kappa shape index (κ3) is 16.1. The molecule has 0 fully saturated rings. The first-order valence-electron chi connectivity index (χ1n) is 6.92. The Morgan fingerprint density at radius 1 is 0.824 bits per heavy atom. The lowest BCUT2D eigenvalue weighted by Gasteiger charge is -2.15. The summed E-state index contributed by atoms with van der Waals surface area (Å²) in [5.41, 5.74) is 5.43. The average molecular weight is 261 g/mol. The Bertz CT molecular complexity index is 160. The second-order valence-electron chi connectivity index (χ2n) is 5.80. The summed E-state index contributed by atoms with van der Waals surface area (Å²) >= 11 is 0. The number of nitrogens with two attached hydrogens (primary N) is 1. The van der Waals surface area contributed by atoms with Crippen LogP contribution < -0.4 is 5.73 Å². The summed E-state index contributed by atoms with van der Waals surface area (Å²) in [4.78, 5) is 0. The van der Waals surface area contributed by atoms with E-state index in [1.54, 1.807) is 0 Å². The molecular weight excluding hydrogens is 230 g/mol. The Kier molecular flexibility index (Phi) is 11.3. The molecule has 0 aliphatic carbocycles. The van der Waals surface area contributed by atoms with Crippen molar-refractivity contribution in [3.05, 3.63) is 0 Å². The normalized spacial score (nSPS) is 12.0. The molecule has 0 aromatic carbocycles. The summed E-state index contributed by atoms with van der Waals surface area (Å²) in [5.74, 6) is 0. The van der Waals surface area contributed by atoms with Gasteiger partial charge < -0.3 is 15.2 Å². The van der Waals surface area contributed by atoms with Crippen molar-refractivity contribution in [1.29, 1.82) is 0 Å². The van der Waals surface area contributed by atoms with Gasteiger partial charge >= 0.3 is 0 Å². The third-order valence-electron chi connectivity index (χ3n) is 2.66. The summed E-state index contributed by atoms with van der Waals surface area (Å²) < 4.78 is 10.9. The third-order valence-corrected chi connectivity index (χ3v) is 4.36. The van der Waals surface area contributed by atoms with Crippen LogP contribution in [0.1, 0.15) is 32.1 Å². The first-order valence-corrected chi connectivity index (χ1v) is 10.6. The van der Waals surface area contributed by atoms with Gasteiger partial charge in [-0.1, -0.05) is 38.9 Å². The molecule has 4 heteroatoms. The molecule has 0 spiro atoms. The fourth-order valence-electron chi connectivity index (χ4n) is 1.43. The van der Waals surface area contributed by atoms with Gasteiger partial charge in [0.25, 0.3) is 0 Å². The molecule has 2 N–H and O–H groups in total. The van der Waals surface area contributed by atoms with Crippen molar-refractivity contribution >= 4 is 8.07 Å². The highest BCUT2D eigenvalue weighted by atomic mass is 28.3. The van der Waals surface area contributed by atoms with Crippen LogP contribution in [0.3, 0.4) is 0 Å². The van der Waals surface area contributed by atoms with E-state index < -0.39 is 8.07 Å². The number of unbranched alkanes of at least 4 members (excludes halogenated alkanes) is 4. The van der Waals surface area contributed by atoms with Crippen molar-refractivity contribution in [3.8, 4) is 0 Å². The minimum absolute atomic E-state index is 0.466. The number of hydrogen-bond acceptors (Lipinski definition) is 3. The SMILES string of the molecule is C[Si](C)(C)CCOCOCCCCCCCN. The molecule has 0 aromatic rings. The molecule has 3 nitrogen and oxygen atoms in total. The van der Waals surface area contributed by atoms with Crippen molar-refractivity contribution in [2.24, 2.45) is 5.73 Å². The molecule has 0 rings (SSSR count). The summed E-state index contributed by atoms with van der Waals surface area (Å²) in [5, 5.41) is 0. The van der Waals surface area contributed by atoms with Crippen LogP contribution >= 0.6 is 0 Å². The van der Waals surface area contributed by atoms with Gasteiger partial charge in [0.15, 0.2) is 0 Å². The Morgan fingerprint density at radius 2 is 1.41 bits per heavy atom. The van der Waals surface area contributed by atoms with Gasteiger partial charge in [0.05, 0.1) is 0 Å². The Balaban J connectivity index is 2.99. The van der Waals surface area contributed by atoms with Crippen LogP contribution in [-0.4, -0.2) is 34.6 Å². The van der Waals surface area contributed by atoms with E-state index in [4.69, 9.17) is 15.2 Å². The van der Waals surface area contributed by atoms with Crippen LogP contribution in [0.15, 0.2) is 0 Å². The summed E-state index contributed by atoms with van der Waals surface area (Å²) in [7, 11) is -0.942. The second kappa shape index (κ2) is 11.2. The molecule has 0 radical (unpaired) electrons. The van der Waals surface area contributed by atoms with E-state index in [1.165, 1.54) is 25.3 Å². The maximum atomic E-state index is 5.45. The van der Waals surface area contributed by atoms with E-state index in [2.05, 4.69) is 19.6 Å². The van der Waals surface area contributed by atoms with E-state index in [0.29, 0.717) is 6.79 Å². The van der Waals surface area contributed by atoms with Crippen molar-refractivity contribution in [2.75, 3.05) is 26.6 Å². The summed E-state index contributed by atoms with van der Waals surface area (Å²) in [6, 6.07) is 1.22. The number of hydrogen-bond donors (Lipinski definition) is 1. The summed E-state index contributed by atoms with van der Waals surface area (Å²) in [6.07, 6.45) is 6.07. The van der Waals surface area contributed by atoms with Crippen LogP contribution in [0.4, 0.5) is 0 Å². The average Bonchev–Trinajstić information content (AvgIpc) is 2.24. The predicted octanol–water partition coefficient (Wildman–Crippen LogP) is 3.22. The molecule has 0 saturated heterocycles. The van der Waals surface area contributed by atoms with Crippen LogP contribution in [-0.2, 0) is 9.47 Å². The number of rotatable bonds is 12. The van der Waals surface area contributed by atoms with Crippen molar-refractivity contribution in [1.82, 2.24) is 0 Å². The minimum Gasteiger partial charge on any atom is -0.356 e. The Morgan fingerprint density at radius 3 is 2.06 bits per heavy atom. The first kappa shape index (κ1) is 17.1. The first-order chi connectivity index (χ1) is 8.06. The largest absolute Gasteiger partial charge is 0.356 e. The van der Waals surface area contributed by atoms with E-state index in [1.807, 2.05) is 0 Å². The van der Waals surface area contributed by atoms with Crippen LogP contribution in [0.5, 0.6) is 0 Å². The van der Waals surface area contributed by atoms with Gasteiger partial charge in [-0.05, 0) is 25.4 Å². The smallest absolute Gasteiger partial charge is 0.146 e. The van der Waals surface area contributed by atoms with Crippen LogP contribution in [0, 0.1) is 0 Å². The topological polar surface area (TPSA) is 44.5 Å².